The van der Waals surface area contributed by atoms with Crippen LogP contribution in [0.2, 0.25) is 0 Å². The van der Waals surface area contributed by atoms with Crippen molar-refractivity contribution in [3.8, 4) is 0 Å². The molecule has 1 aliphatic rings. The minimum Gasteiger partial charge on any atom is -0.369 e. The lowest BCUT2D eigenvalue weighted by atomic mass is 10.1. The average Bonchev–Trinajstić information content (AvgIpc) is 2.38. The van der Waals surface area contributed by atoms with E-state index in [1.54, 1.807) is 0 Å². The summed E-state index contributed by atoms with van der Waals surface area (Å²) >= 11 is 0. The summed E-state index contributed by atoms with van der Waals surface area (Å²) in [5.41, 5.74) is 2.82. The maximum Gasteiger partial charge on any atom is 0.0367 e. The molecule has 0 saturated carbocycles. The number of benzene rings is 1. The summed E-state index contributed by atoms with van der Waals surface area (Å²) in [5.74, 6) is 0. The zero-order chi connectivity index (χ0) is 11.2. The summed E-state index contributed by atoms with van der Waals surface area (Å²) in [6.45, 7) is 6.36. The van der Waals surface area contributed by atoms with Gasteiger partial charge in [-0.25, -0.2) is 5.32 Å². The second kappa shape index (κ2) is 5.90. The summed E-state index contributed by atoms with van der Waals surface area (Å²) in [4.78, 5) is 2.43. The van der Waals surface area contributed by atoms with E-state index in [9.17, 15) is 0 Å². The minimum atomic E-state index is 0.984. The van der Waals surface area contributed by atoms with E-state index in [-0.39, 0.29) is 0 Å². The molecule has 0 aromatic heterocycles. The van der Waals surface area contributed by atoms with Crippen molar-refractivity contribution in [2.45, 2.75) is 26.2 Å². The summed E-state index contributed by atoms with van der Waals surface area (Å²) in [5, 5.41) is 4.37. The van der Waals surface area contributed by atoms with Gasteiger partial charge in [0.2, 0.25) is 0 Å². The lowest BCUT2D eigenvalue weighted by Crippen LogP contribution is -2.40. The standard InChI is InChI=1S/C14H21N2/c1-2-3-4-13-5-7-14(8-6-13)16-11-9-15-10-12-16/h5-8H,2-4,9-12H2,1H3. The molecule has 0 atom stereocenters. The highest BCUT2D eigenvalue weighted by atomic mass is 15.2. The predicted octanol–water partition coefficient (Wildman–Crippen LogP) is 2.45. The minimum absolute atomic E-state index is 0.984. The van der Waals surface area contributed by atoms with Crippen molar-refractivity contribution < 1.29 is 0 Å². The van der Waals surface area contributed by atoms with Gasteiger partial charge in [-0.3, -0.25) is 0 Å². The van der Waals surface area contributed by atoms with E-state index in [4.69, 9.17) is 0 Å². The Bertz CT molecular complexity index is 299. The van der Waals surface area contributed by atoms with E-state index in [0.29, 0.717) is 0 Å². The second-order valence-electron chi connectivity index (χ2n) is 4.43. The Morgan fingerprint density at radius 3 is 2.44 bits per heavy atom. The third kappa shape index (κ3) is 2.99. The van der Waals surface area contributed by atoms with E-state index < -0.39 is 0 Å². The summed E-state index contributed by atoms with van der Waals surface area (Å²) in [6, 6.07) is 9.07. The van der Waals surface area contributed by atoms with Gasteiger partial charge in [-0.05, 0) is 30.5 Å². The van der Waals surface area contributed by atoms with Crippen LogP contribution in [0.3, 0.4) is 0 Å². The highest BCUT2D eigenvalue weighted by Gasteiger charge is 2.10. The van der Waals surface area contributed by atoms with Gasteiger partial charge in [0.05, 0.1) is 0 Å². The number of nitrogens with zero attached hydrogens (tertiary/aromatic N) is 2. The number of unbranched alkanes of at least 4 members (excludes halogenated alkanes) is 1. The molecule has 1 aromatic rings. The van der Waals surface area contributed by atoms with Gasteiger partial charge in [-0.2, -0.15) is 0 Å². The Kier molecular flexibility index (Phi) is 4.23. The Labute approximate surface area is 98.7 Å². The average molecular weight is 217 g/mol. The van der Waals surface area contributed by atoms with Crippen molar-refractivity contribution in [1.82, 2.24) is 5.32 Å². The van der Waals surface area contributed by atoms with Crippen molar-refractivity contribution >= 4 is 5.69 Å². The van der Waals surface area contributed by atoms with E-state index >= 15 is 0 Å². The molecule has 16 heavy (non-hydrogen) atoms. The first kappa shape index (κ1) is 11.5. The molecular formula is C14H21N2. The Balaban J connectivity index is 1.95. The normalized spacial score (nSPS) is 16.4. The van der Waals surface area contributed by atoms with Gasteiger partial charge in [-0.15, -0.1) is 0 Å². The monoisotopic (exact) mass is 217 g/mol. The van der Waals surface area contributed by atoms with Crippen LogP contribution < -0.4 is 10.2 Å². The van der Waals surface area contributed by atoms with Gasteiger partial charge in [0.1, 0.15) is 0 Å². The van der Waals surface area contributed by atoms with Gasteiger partial charge < -0.3 is 4.90 Å². The first-order valence-corrected chi connectivity index (χ1v) is 6.37. The van der Waals surface area contributed by atoms with E-state index in [1.165, 1.54) is 30.5 Å². The molecule has 87 valence electrons. The van der Waals surface area contributed by atoms with Gasteiger partial charge in [-0.1, -0.05) is 25.5 Å². The number of aryl methyl sites for hydroxylation is 1. The van der Waals surface area contributed by atoms with Crippen molar-refractivity contribution in [2.24, 2.45) is 0 Å². The van der Waals surface area contributed by atoms with Gasteiger partial charge >= 0.3 is 0 Å². The van der Waals surface area contributed by atoms with Crippen molar-refractivity contribution in [3.05, 3.63) is 29.8 Å². The van der Waals surface area contributed by atoms with Gasteiger partial charge in [0.15, 0.2) is 0 Å². The highest BCUT2D eigenvalue weighted by molar-refractivity contribution is 5.48. The Morgan fingerprint density at radius 2 is 1.81 bits per heavy atom. The zero-order valence-corrected chi connectivity index (χ0v) is 10.2. The SMILES string of the molecule is CCCCc1ccc(N2CC[N]CC2)cc1. The molecule has 1 heterocycles. The van der Waals surface area contributed by atoms with Crippen molar-refractivity contribution in [2.75, 3.05) is 31.1 Å². The number of hydrogen-bond acceptors (Lipinski definition) is 1. The first-order chi connectivity index (χ1) is 7.90. The number of piperazine rings is 1. The molecule has 0 N–H and O–H groups in total. The molecule has 2 heteroatoms. The van der Waals surface area contributed by atoms with Crippen LogP contribution in [-0.4, -0.2) is 26.2 Å². The van der Waals surface area contributed by atoms with E-state index in [1.807, 2.05) is 0 Å². The molecule has 1 saturated heterocycles. The molecule has 0 bridgehead atoms. The number of rotatable bonds is 4. The van der Waals surface area contributed by atoms with Crippen LogP contribution >= 0.6 is 0 Å². The molecule has 1 fully saturated rings. The summed E-state index contributed by atoms with van der Waals surface area (Å²) in [7, 11) is 0. The fourth-order valence-electron chi connectivity index (χ4n) is 2.12. The lowest BCUT2D eigenvalue weighted by Gasteiger charge is -2.28. The van der Waals surface area contributed by atoms with Crippen LogP contribution in [0.15, 0.2) is 24.3 Å². The third-order valence-electron chi connectivity index (χ3n) is 3.18. The van der Waals surface area contributed by atoms with Crippen LogP contribution in [-0.2, 0) is 6.42 Å². The molecule has 0 unspecified atom stereocenters. The summed E-state index contributed by atoms with van der Waals surface area (Å²) < 4.78 is 0. The second-order valence-corrected chi connectivity index (χ2v) is 4.43. The summed E-state index contributed by atoms with van der Waals surface area (Å²) in [6.07, 6.45) is 3.78. The molecular weight excluding hydrogens is 196 g/mol. The third-order valence-corrected chi connectivity index (χ3v) is 3.18. The maximum absolute atomic E-state index is 4.37. The van der Waals surface area contributed by atoms with Crippen LogP contribution in [0, 0.1) is 0 Å². The van der Waals surface area contributed by atoms with Crippen LogP contribution in [0.5, 0.6) is 0 Å². The molecule has 2 nitrogen and oxygen atoms in total. The quantitative estimate of drug-likeness (QED) is 0.757. The smallest absolute Gasteiger partial charge is 0.0367 e. The first-order valence-electron chi connectivity index (χ1n) is 6.37. The largest absolute Gasteiger partial charge is 0.369 e. The fourth-order valence-corrected chi connectivity index (χ4v) is 2.12. The molecule has 1 radical (unpaired) electrons. The van der Waals surface area contributed by atoms with E-state index in [2.05, 4.69) is 41.4 Å². The maximum atomic E-state index is 4.37. The van der Waals surface area contributed by atoms with Crippen LogP contribution in [0.25, 0.3) is 0 Å². The highest BCUT2D eigenvalue weighted by Crippen LogP contribution is 2.16. The fraction of sp³-hybridized carbons (Fsp3) is 0.571. The topological polar surface area (TPSA) is 17.3 Å². The molecule has 0 amide bonds. The molecule has 0 aliphatic carbocycles. The van der Waals surface area contributed by atoms with Crippen LogP contribution in [0.4, 0.5) is 5.69 Å². The van der Waals surface area contributed by atoms with E-state index in [0.717, 1.165) is 26.2 Å². The van der Waals surface area contributed by atoms with Crippen LogP contribution in [0.1, 0.15) is 25.3 Å². The predicted molar refractivity (Wildman–Crippen MR) is 69.1 cm³/mol. The number of hydrogen-bond donors (Lipinski definition) is 0. The molecule has 2 rings (SSSR count). The Morgan fingerprint density at radius 1 is 1.12 bits per heavy atom. The molecule has 1 aromatic carbocycles. The Hall–Kier alpha value is -1.02. The van der Waals surface area contributed by atoms with Crippen molar-refractivity contribution in [1.29, 1.82) is 0 Å². The zero-order valence-electron chi connectivity index (χ0n) is 10.2. The molecule has 1 aliphatic heterocycles. The number of anilines is 1. The molecule has 0 spiro atoms. The van der Waals surface area contributed by atoms with Crippen molar-refractivity contribution in [3.63, 3.8) is 0 Å². The van der Waals surface area contributed by atoms with Gasteiger partial charge in [0, 0.05) is 31.9 Å². The lowest BCUT2D eigenvalue weighted by molar-refractivity contribution is 0.579. The van der Waals surface area contributed by atoms with Gasteiger partial charge in [0.25, 0.3) is 0 Å².